The summed E-state index contributed by atoms with van der Waals surface area (Å²) < 4.78 is 0. The number of rotatable bonds is 7. The quantitative estimate of drug-likeness (QED) is 0.822. The lowest BCUT2D eigenvalue weighted by Crippen LogP contribution is -2.21. The molecule has 0 fully saturated rings. The van der Waals surface area contributed by atoms with Gasteiger partial charge in [0.1, 0.15) is 0 Å². The molecular weight excluding hydrogens is 248 g/mol. The van der Waals surface area contributed by atoms with Crippen molar-refractivity contribution in [2.45, 2.75) is 32.2 Å². The molecule has 2 rings (SSSR count). The van der Waals surface area contributed by atoms with Crippen molar-refractivity contribution in [3.8, 4) is 0 Å². The summed E-state index contributed by atoms with van der Waals surface area (Å²) >= 11 is 3.52. The van der Waals surface area contributed by atoms with Gasteiger partial charge in [-0.3, -0.25) is 4.98 Å². The molecule has 0 saturated heterocycles. The monoisotopic (exact) mass is 266 g/mol. The fraction of sp³-hybridized carbons (Fsp3) is 0.462. The molecule has 0 aliphatic heterocycles. The number of nitrogens with zero attached hydrogens (tertiary/aromatic N) is 1. The number of hydrogen-bond acceptors (Lipinski definition) is 4. The lowest BCUT2D eigenvalue weighted by molar-refractivity contribution is 0.506. The van der Waals surface area contributed by atoms with Crippen molar-refractivity contribution in [3.63, 3.8) is 0 Å². The minimum absolute atomic E-state index is 0.461. The highest BCUT2D eigenvalue weighted by molar-refractivity contribution is 7.09. The molecule has 0 aromatic carbocycles. The molecule has 0 amide bonds. The average Bonchev–Trinajstić information content (AvgIpc) is 3.01. The number of thiophene rings is 1. The molecule has 1 atom stereocenters. The van der Waals surface area contributed by atoms with E-state index >= 15 is 0 Å². The van der Waals surface area contributed by atoms with Crippen molar-refractivity contribution in [3.05, 3.63) is 39.0 Å². The van der Waals surface area contributed by atoms with Crippen LogP contribution in [0.5, 0.6) is 0 Å². The number of thiazole rings is 1. The summed E-state index contributed by atoms with van der Waals surface area (Å²) in [5.74, 6) is 0. The van der Waals surface area contributed by atoms with Crippen LogP contribution in [0.25, 0.3) is 0 Å². The van der Waals surface area contributed by atoms with Gasteiger partial charge in [0, 0.05) is 17.1 Å². The standard InChI is InChI=1S/C13H18N2S2/c1-2-6-15-12(13-8-14-10-17-13)4-3-11-5-7-16-9-11/h5,7-10,12,15H,2-4,6H2,1H3. The summed E-state index contributed by atoms with van der Waals surface area (Å²) in [6.45, 7) is 3.28. The van der Waals surface area contributed by atoms with Gasteiger partial charge in [0.15, 0.2) is 0 Å². The van der Waals surface area contributed by atoms with Crippen LogP contribution in [0.2, 0.25) is 0 Å². The minimum atomic E-state index is 0.461. The van der Waals surface area contributed by atoms with Crippen molar-refractivity contribution in [2.75, 3.05) is 6.54 Å². The molecule has 4 heteroatoms. The van der Waals surface area contributed by atoms with Crippen LogP contribution < -0.4 is 5.32 Å². The van der Waals surface area contributed by atoms with E-state index in [0.29, 0.717) is 6.04 Å². The van der Waals surface area contributed by atoms with Gasteiger partial charge in [-0.05, 0) is 48.2 Å². The van der Waals surface area contributed by atoms with Gasteiger partial charge in [-0.25, -0.2) is 0 Å². The van der Waals surface area contributed by atoms with Crippen LogP contribution in [0.15, 0.2) is 28.5 Å². The fourth-order valence-electron chi connectivity index (χ4n) is 1.81. The molecule has 1 unspecified atom stereocenters. The van der Waals surface area contributed by atoms with Crippen molar-refractivity contribution >= 4 is 22.7 Å². The summed E-state index contributed by atoms with van der Waals surface area (Å²) in [4.78, 5) is 5.53. The van der Waals surface area contributed by atoms with Crippen LogP contribution in [-0.2, 0) is 6.42 Å². The Balaban J connectivity index is 1.91. The first-order valence-electron chi connectivity index (χ1n) is 6.03. The van der Waals surface area contributed by atoms with Crippen molar-refractivity contribution in [1.29, 1.82) is 0 Å². The normalized spacial score (nSPS) is 12.8. The summed E-state index contributed by atoms with van der Waals surface area (Å²) in [5.41, 5.74) is 3.36. The van der Waals surface area contributed by atoms with E-state index in [4.69, 9.17) is 0 Å². The molecule has 0 aliphatic carbocycles. The Kier molecular flexibility index (Phi) is 5.16. The average molecular weight is 266 g/mol. The second-order valence-electron chi connectivity index (χ2n) is 4.08. The zero-order valence-corrected chi connectivity index (χ0v) is 11.7. The molecule has 1 N–H and O–H groups in total. The highest BCUT2D eigenvalue weighted by Gasteiger charge is 2.12. The number of aryl methyl sites for hydroxylation is 1. The van der Waals surface area contributed by atoms with Gasteiger partial charge in [-0.15, -0.1) is 11.3 Å². The zero-order chi connectivity index (χ0) is 11.9. The maximum atomic E-state index is 4.18. The maximum absolute atomic E-state index is 4.18. The Morgan fingerprint density at radius 2 is 2.41 bits per heavy atom. The Bertz CT molecular complexity index is 395. The Hall–Kier alpha value is -0.710. The Morgan fingerprint density at radius 1 is 1.47 bits per heavy atom. The number of aromatic nitrogens is 1. The van der Waals surface area contributed by atoms with Gasteiger partial charge >= 0.3 is 0 Å². The number of nitrogens with one attached hydrogen (secondary N) is 1. The van der Waals surface area contributed by atoms with E-state index in [1.165, 1.54) is 16.9 Å². The summed E-state index contributed by atoms with van der Waals surface area (Å²) in [6, 6.07) is 2.68. The lowest BCUT2D eigenvalue weighted by atomic mass is 10.1. The van der Waals surface area contributed by atoms with Crippen molar-refractivity contribution in [1.82, 2.24) is 10.3 Å². The Labute approximate surface area is 111 Å². The van der Waals surface area contributed by atoms with E-state index in [-0.39, 0.29) is 0 Å². The molecule has 2 aromatic heterocycles. The Morgan fingerprint density at radius 3 is 3.06 bits per heavy atom. The molecule has 0 saturated carbocycles. The van der Waals surface area contributed by atoms with Crippen LogP contribution in [0.4, 0.5) is 0 Å². The first-order chi connectivity index (χ1) is 8.40. The fourth-order valence-corrected chi connectivity index (χ4v) is 3.24. The van der Waals surface area contributed by atoms with E-state index in [2.05, 4.69) is 34.1 Å². The van der Waals surface area contributed by atoms with Gasteiger partial charge in [-0.1, -0.05) is 6.92 Å². The van der Waals surface area contributed by atoms with E-state index < -0.39 is 0 Å². The third-order valence-corrected chi connectivity index (χ3v) is 4.36. The van der Waals surface area contributed by atoms with E-state index in [1.807, 2.05) is 11.7 Å². The largest absolute Gasteiger partial charge is 0.309 e. The predicted octanol–water partition coefficient (Wildman–Crippen LogP) is 3.88. The van der Waals surface area contributed by atoms with Crippen molar-refractivity contribution in [2.24, 2.45) is 0 Å². The second kappa shape index (κ2) is 6.89. The molecule has 0 spiro atoms. The molecule has 2 aromatic rings. The predicted molar refractivity (Wildman–Crippen MR) is 75.8 cm³/mol. The molecule has 2 heterocycles. The second-order valence-corrected chi connectivity index (χ2v) is 5.78. The zero-order valence-electron chi connectivity index (χ0n) is 10.1. The molecule has 17 heavy (non-hydrogen) atoms. The van der Waals surface area contributed by atoms with Crippen molar-refractivity contribution < 1.29 is 0 Å². The molecule has 0 aliphatic rings. The van der Waals surface area contributed by atoms with Gasteiger partial charge in [0.2, 0.25) is 0 Å². The van der Waals surface area contributed by atoms with Gasteiger partial charge in [-0.2, -0.15) is 11.3 Å². The minimum Gasteiger partial charge on any atom is -0.309 e. The van der Waals surface area contributed by atoms with Crippen LogP contribution in [0.1, 0.15) is 36.2 Å². The first kappa shape index (κ1) is 12.7. The highest BCUT2D eigenvalue weighted by atomic mass is 32.1. The summed E-state index contributed by atoms with van der Waals surface area (Å²) in [5, 5.41) is 8.00. The third kappa shape index (κ3) is 3.91. The van der Waals surface area contributed by atoms with Crippen LogP contribution >= 0.6 is 22.7 Å². The smallest absolute Gasteiger partial charge is 0.0794 e. The third-order valence-electron chi connectivity index (χ3n) is 2.74. The summed E-state index contributed by atoms with van der Waals surface area (Å²) in [6.07, 6.45) is 5.46. The lowest BCUT2D eigenvalue weighted by Gasteiger charge is -2.16. The maximum Gasteiger partial charge on any atom is 0.0794 e. The highest BCUT2D eigenvalue weighted by Crippen LogP contribution is 2.23. The van der Waals surface area contributed by atoms with Crippen LogP contribution in [-0.4, -0.2) is 11.5 Å². The van der Waals surface area contributed by atoms with Gasteiger partial charge < -0.3 is 5.32 Å². The first-order valence-corrected chi connectivity index (χ1v) is 7.85. The van der Waals surface area contributed by atoms with E-state index in [0.717, 1.165) is 19.4 Å². The molecule has 2 nitrogen and oxygen atoms in total. The van der Waals surface area contributed by atoms with E-state index in [9.17, 15) is 0 Å². The SMILES string of the molecule is CCCNC(CCc1ccsc1)c1cncs1. The molecule has 0 bridgehead atoms. The van der Waals surface area contributed by atoms with Crippen LogP contribution in [0.3, 0.4) is 0 Å². The van der Waals surface area contributed by atoms with E-state index in [1.54, 1.807) is 22.7 Å². The molecular formula is C13H18N2S2. The topological polar surface area (TPSA) is 24.9 Å². The van der Waals surface area contributed by atoms with Crippen LogP contribution in [0, 0.1) is 0 Å². The molecule has 92 valence electrons. The van der Waals surface area contributed by atoms with Gasteiger partial charge in [0.25, 0.3) is 0 Å². The van der Waals surface area contributed by atoms with Gasteiger partial charge in [0.05, 0.1) is 5.51 Å². The summed E-state index contributed by atoms with van der Waals surface area (Å²) in [7, 11) is 0. The molecule has 0 radical (unpaired) electrons. The number of hydrogen-bond donors (Lipinski definition) is 1.